The number of carbonyl (C=O) groups is 2. The number of ether oxygens (including phenoxy) is 1. The number of aryl methyl sites for hydroxylation is 1. The number of nitrogens with zero attached hydrogens (tertiary/aromatic N) is 2. The predicted molar refractivity (Wildman–Crippen MR) is 163 cm³/mol. The lowest BCUT2D eigenvalue weighted by molar-refractivity contribution is -0.140. The zero-order chi connectivity index (χ0) is 30.2. The van der Waals surface area contributed by atoms with Crippen LogP contribution in [0.5, 0.6) is 5.75 Å². The number of hydrogen-bond donors (Lipinski definition) is 1. The number of nitrogens with one attached hydrogen (secondary N) is 1. The first-order valence-electron chi connectivity index (χ1n) is 13.5. The highest BCUT2D eigenvalue weighted by Crippen LogP contribution is 2.27. The smallest absolute Gasteiger partial charge is 0.264 e. The lowest BCUT2D eigenvalue weighted by atomic mass is 10.1. The van der Waals surface area contributed by atoms with Gasteiger partial charge < -0.3 is 15.0 Å². The van der Waals surface area contributed by atoms with Crippen LogP contribution in [0.15, 0.2) is 77.7 Å². The molecule has 1 unspecified atom stereocenters. The molecule has 0 aliphatic heterocycles. The summed E-state index contributed by atoms with van der Waals surface area (Å²) in [7, 11) is -2.68. The summed E-state index contributed by atoms with van der Waals surface area (Å²) >= 11 is 6.44. The van der Waals surface area contributed by atoms with Gasteiger partial charge in [-0.1, -0.05) is 68.3 Å². The lowest BCUT2D eigenvalue weighted by Crippen LogP contribution is -2.52. The van der Waals surface area contributed by atoms with E-state index in [4.69, 9.17) is 16.3 Å². The second-order valence-corrected chi connectivity index (χ2v) is 12.5. The summed E-state index contributed by atoms with van der Waals surface area (Å²) < 4.78 is 34.2. The Kier molecular flexibility index (Phi) is 11.2. The van der Waals surface area contributed by atoms with Crippen molar-refractivity contribution in [3.8, 4) is 5.75 Å². The SMILES string of the molecule is CCC(C(=O)NCC(C)C)N(Cc1ccccc1Cl)C(=O)CN(c1ccc(C)cc1)S(=O)(=O)c1ccc(OC)cc1. The van der Waals surface area contributed by atoms with E-state index >= 15 is 0 Å². The first kappa shape index (κ1) is 32.0. The van der Waals surface area contributed by atoms with Gasteiger partial charge in [0.25, 0.3) is 10.0 Å². The lowest BCUT2D eigenvalue weighted by Gasteiger charge is -2.33. The summed E-state index contributed by atoms with van der Waals surface area (Å²) in [6.45, 7) is 7.65. The number of benzene rings is 3. The molecule has 10 heteroatoms. The molecule has 0 radical (unpaired) electrons. The maximum Gasteiger partial charge on any atom is 0.264 e. The molecule has 0 aromatic heterocycles. The van der Waals surface area contributed by atoms with Crippen LogP contribution >= 0.6 is 11.6 Å². The molecule has 0 saturated heterocycles. The van der Waals surface area contributed by atoms with Crippen LogP contribution in [0.1, 0.15) is 38.3 Å². The van der Waals surface area contributed by atoms with Gasteiger partial charge in [0.1, 0.15) is 18.3 Å². The zero-order valence-electron chi connectivity index (χ0n) is 24.1. The molecule has 0 saturated carbocycles. The average molecular weight is 600 g/mol. The van der Waals surface area contributed by atoms with E-state index in [1.54, 1.807) is 60.7 Å². The van der Waals surface area contributed by atoms with Crippen molar-refractivity contribution in [2.45, 2.75) is 51.6 Å². The van der Waals surface area contributed by atoms with Crippen molar-refractivity contribution in [1.82, 2.24) is 10.2 Å². The van der Waals surface area contributed by atoms with Gasteiger partial charge >= 0.3 is 0 Å². The highest BCUT2D eigenvalue weighted by molar-refractivity contribution is 7.92. The Morgan fingerprint density at radius 2 is 1.61 bits per heavy atom. The van der Waals surface area contributed by atoms with E-state index in [1.807, 2.05) is 27.7 Å². The monoisotopic (exact) mass is 599 g/mol. The van der Waals surface area contributed by atoms with Crippen LogP contribution in [0.25, 0.3) is 0 Å². The van der Waals surface area contributed by atoms with E-state index in [1.165, 1.54) is 24.1 Å². The summed E-state index contributed by atoms with van der Waals surface area (Å²) in [6.07, 6.45) is 0.329. The molecule has 0 bridgehead atoms. The Morgan fingerprint density at radius 1 is 0.976 bits per heavy atom. The minimum absolute atomic E-state index is 0.00560. The molecule has 3 aromatic carbocycles. The molecule has 220 valence electrons. The molecule has 3 aromatic rings. The van der Waals surface area contributed by atoms with E-state index < -0.39 is 28.5 Å². The van der Waals surface area contributed by atoms with E-state index in [0.717, 1.165) is 9.87 Å². The Bertz CT molecular complexity index is 1430. The van der Waals surface area contributed by atoms with E-state index in [-0.39, 0.29) is 23.3 Å². The Labute approximate surface area is 248 Å². The fraction of sp³-hybridized carbons (Fsp3) is 0.355. The normalized spacial score (nSPS) is 12.1. The highest BCUT2D eigenvalue weighted by atomic mass is 35.5. The second-order valence-electron chi connectivity index (χ2n) is 10.2. The quantitative estimate of drug-likeness (QED) is 0.283. The van der Waals surface area contributed by atoms with E-state index in [2.05, 4.69) is 5.32 Å². The van der Waals surface area contributed by atoms with Crippen LogP contribution in [-0.4, -0.2) is 51.4 Å². The Morgan fingerprint density at radius 3 is 2.17 bits per heavy atom. The Balaban J connectivity index is 2.05. The number of amides is 2. The van der Waals surface area contributed by atoms with Gasteiger partial charge in [0.05, 0.1) is 17.7 Å². The molecule has 0 aliphatic carbocycles. The molecule has 0 aliphatic rings. The van der Waals surface area contributed by atoms with Crippen LogP contribution in [0.3, 0.4) is 0 Å². The third-order valence-corrected chi connectivity index (χ3v) is 8.77. The minimum Gasteiger partial charge on any atom is -0.497 e. The maximum absolute atomic E-state index is 14.1. The standard InChI is InChI=1S/C31H38ClN3O5S/c1-6-29(31(37)33-19-22(2)3)34(20-24-9-7-8-10-28(24)32)30(36)21-35(25-13-11-23(4)12-14-25)41(38,39)27-17-15-26(40-5)16-18-27/h7-18,22,29H,6,19-21H2,1-5H3,(H,33,37). The number of methoxy groups -OCH3 is 1. The molecule has 3 rings (SSSR count). The molecule has 1 atom stereocenters. The average Bonchev–Trinajstić information content (AvgIpc) is 2.96. The molecule has 41 heavy (non-hydrogen) atoms. The largest absolute Gasteiger partial charge is 0.497 e. The number of sulfonamides is 1. The van der Waals surface area contributed by atoms with Crippen molar-refractivity contribution in [2.75, 3.05) is 24.5 Å². The van der Waals surface area contributed by atoms with Crippen molar-refractivity contribution in [1.29, 1.82) is 0 Å². The van der Waals surface area contributed by atoms with Gasteiger partial charge in [-0.2, -0.15) is 0 Å². The number of rotatable bonds is 13. The summed E-state index contributed by atoms with van der Waals surface area (Å²) in [6, 6.07) is 19.1. The van der Waals surface area contributed by atoms with Gasteiger partial charge in [0.2, 0.25) is 11.8 Å². The van der Waals surface area contributed by atoms with Gasteiger partial charge in [-0.3, -0.25) is 13.9 Å². The minimum atomic E-state index is -4.17. The molecule has 0 spiro atoms. The van der Waals surface area contributed by atoms with Crippen LogP contribution in [-0.2, 0) is 26.2 Å². The van der Waals surface area contributed by atoms with Gasteiger partial charge in [-0.15, -0.1) is 0 Å². The third-order valence-electron chi connectivity index (χ3n) is 6.62. The molecule has 2 amide bonds. The maximum atomic E-state index is 14.1. The van der Waals surface area contributed by atoms with Gasteiger partial charge in [0, 0.05) is 18.1 Å². The fourth-order valence-electron chi connectivity index (χ4n) is 4.27. The number of anilines is 1. The zero-order valence-corrected chi connectivity index (χ0v) is 25.7. The van der Waals surface area contributed by atoms with E-state index in [0.29, 0.717) is 35.0 Å². The molecule has 0 heterocycles. The van der Waals surface area contributed by atoms with Gasteiger partial charge in [0.15, 0.2) is 0 Å². The summed E-state index contributed by atoms with van der Waals surface area (Å²) in [4.78, 5) is 28.8. The molecular formula is C31H38ClN3O5S. The molecule has 1 N–H and O–H groups in total. The van der Waals surface area contributed by atoms with Crippen LogP contribution in [0, 0.1) is 12.8 Å². The van der Waals surface area contributed by atoms with Crippen LogP contribution in [0.4, 0.5) is 5.69 Å². The molecular weight excluding hydrogens is 562 g/mol. The number of halogens is 1. The highest BCUT2D eigenvalue weighted by Gasteiger charge is 2.34. The van der Waals surface area contributed by atoms with Crippen LogP contribution in [0.2, 0.25) is 5.02 Å². The summed E-state index contributed by atoms with van der Waals surface area (Å²) in [5, 5.41) is 3.37. The first-order chi connectivity index (χ1) is 19.5. The molecule has 0 fully saturated rings. The fourth-order valence-corrected chi connectivity index (χ4v) is 5.88. The van der Waals surface area contributed by atoms with Crippen molar-refractivity contribution in [2.24, 2.45) is 5.92 Å². The van der Waals surface area contributed by atoms with Crippen molar-refractivity contribution in [3.63, 3.8) is 0 Å². The van der Waals surface area contributed by atoms with Gasteiger partial charge in [-0.05, 0) is 67.3 Å². The summed E-state index contributed by atoms with van der Waals surface area (Å²) in [5.74, 6) is -0.113. The van der Waals surface area contributed by atoms with Crippen molar-refractivity contribution >= 4 is 39.1 Å². The molecule has 8 nitrogen and oxygen atoms in total. The summed E-state index contributed by atoms with van der Waals surface area (Å²) in [5.41, 5.74) is 1.92. The van der Waals surface area contributed by atoms with Crippen molar-refractivity contribution < 1.29 is 22.7 Å². The first-order valence-corrected chi connectivity index (χ1v) is 15.3. The topological polar surface area (TPSA) is 96.0 Å². The number of carbonyl (C=O) groups excluding carboxylic acids is 2. The van der Waals surface area contributed by atoms with Gasteiger partial charge in [-0.25, -0.2) is 8.42 Å². The predicted octanol–water partition coefficient (Wildman–Crippen LogP) is 5.43. The number of hydrogen-bond acceptors (Lipinski definition) is 5. The second kappa shape index (κ2) is 14.4. The van der Waals surface area contributed by atoms with Crippen LogP contribution < -0.4 is 14.4 Å². The van der Waals surface area contributed by atoms with E-state index in [9.17, 15) is 18.0 Å². The Hall–Kier alpha value is -3.56. The van der Waals surface area contributed by atoms with Crippen molar-refractivity contribution in [3.05, 3.63) is 88.9 Å². The third kappa shape index (κ3) is 8.24.